The van der Waals surface area contributed by atoms with Crippen LogP contribution in [0.15, 0.2) is 48.5 Å². The first-order valence-corrected chi connectivity index (χ1v) is 8.55. The van der Waals surface area contributed by atoms with E-state index in [0.717, 1.165) is 18.4 Å². The normalized spacial score (nSPS) is 11.6. The molecule has 0 radical (unpaired) electrons. The van der Waals surface area contributed by atoms with Crippen LogP contribution in [0.3, 0.4) is 0 Å². The number of ether oxygens (including phenoxy) is 2. The van der Waals surface area contributed by atoms with Gasteiger partial charge in [-0.2, -0.15) is 0 Å². The third-order valence-electron chi connectivity index (χ3n) is 3.85. The molecule has 0 fully saturated rings. The molecule has 0 spiro atoms. The van der Waals surface area contributed by atoms with Crippen LogP contribution >= 0.6 is 0 Å². The van der Waals surface area contributed by atoms with Crippen LogP contribution in [0.25, 0.3) is 0 Å². The average molecular weight is 342 g/mol. The zero-order valence-electron chi connectivity index (χ0n) is 14.8. The molecule has 1 atom stereocenters. The molecule has 0 aliphatic carbocycles. The monoisotopic (exact) mass is 342 g/mol. The van der Waals surface area contributed by atoms with Crippen molar-refractivity contribution in [2.24, 2.45) is 5.73 Å². The molecule has 25 heavy (non-hydrogen) atoms. The molecule has 0 saturated carbocycles. The Balaban J connectivity index is 2.04. The Morgan fingerprint density at radius 2 is 1.96 bits per heavy atom. The molecular formula is C20H26N2O3. The fourth-order valence-electron chi connectivity index (χ4n) is 2.41. The van der Waals surface area contributed by atoms with Crippen LogP contribution in [-0.2, 0) is 4.79 Å². The maximum atomic E-state index is 12.4. The van der Waals surface area contributed by atoms with Crippen molar-refractivity contribution in [2.75, 3.05) is 19.0 Å². The van der Waals surface area contributed by atoms with E-state index in [-0.39, 0.29) is 18.4 Å². The number of unbranched alkanes of at least 4 members (excludes halogenated alkanes) is 1. The molecule has 0 bridgehead atoms. The minimum Gasteiger partial charge on any atom is -0.497 e. The minimum atomic E-state index is -0.351. The van der Waals surface area contributed by atoms with Crippen LogP contribution in [0, 0.1) is 0 Å². The van der Waals surface area contributed by atoms with Crippen LogP contribution in [-0.4, -0.2) is 19.6 Å². The number of anilines is 1. The molecule has 3 N–H and O–H groups in total. The molecule has 1 amide bonds. The van der Waals surface area contributed by atoms with Gasteiger partial charge >= 0.3 is 0 Å². The van der Waals surface area contributed by atoms with E-state index in [1.165, 1.54) is 0 Å². The maximum Gasteiger partial charge on any atom is 0.226 e. The summed E-state index contributed by atoms with van der Waals surface area (Å²) in [6.07, 6.45) is 2.19. The van der Waals surface area contributed by atoms with E-state index >= 15 is 0 Å². The second kappa shape index (κ2) is 9.69. The molecule has 5 heteroatoms. The van der Waals surface area contributed by atoms with Gasteiger partial charge in [-0.3, -0.25) is 4.79 Å². The number of benzene rings is 2. The summed E-state index contributed by atoms with van der Waals surface area (Å²) in [5.74, 6) is 1.13. The van der Waals surface area contributed by atoms with Crippen molar-refractivity contribution in [1.82, 2.24) is 0 Å². The Bertz CT molecular complexity index is 674. The van der Waals surface area contributed by atoms with Gasteiger partial charge < -0.3 is 20.5 Å². The zero-order chi connectivity index (χ0) is 18.1. The second-order valence-electron chi connectivity index (χ2n) is 5.83. The van der Waals surface area contributed by atoms with Gasteiger partial charge in [-0.25, -0.2) is 0 Å². The lowest BCUT2D eigenvalue weighted by Gasteiger charge is -2.16. The van der Waals surface area contributed by atoms with E-state index in [0.29, 0.717) is 23.8 Å². The van der Waals surface area contributed by atoms with Gasteiger partial charge in [0.1, 0.15) is 11.5 Å². The van der Waals surface area contributed by atoms with Crippen LogP contribution in [0.5, 0.6) is 11.5 Å². The summed E-state index contributed by atoms with van der Waals surface area (Å²) in [6.45, 7) is 2.71. The highest BCUT2D eigenvalue weighted by Crippen LogP contribution is 2.30. The third kappa shape index (κ3) is 5.80. The summed E-state index contributed by atoms with van der Waals surface area (Å²) in [5.41, 5.74) is 7.66. The number of hydrogen-bond donors (Lipinski definition) is 2. The number of nitrogens with one attached hydrogen (secondary N) is 1. The minimum absolute atomic E-state index is 0.162. The Labute approximate surface area is 149 Å². The third-order valence-corrected chi connectivity index (χ3v) is 3.85. The molecule has 1 unspecified atom stereocenters. The summed E-state index contributed by atoms with van der Waals surface area (Å²) in [4.78, 5) is 12.4. The second-order valence-corrected chi connectivity index (χ2v) is 5.83. The molecular weight excluding hydrogens is 316 g/mol. The number of methoxy groups -OCH3 is 1. The lowest BCUT2D eigenvalue weighted by atomic mass is 10.0. The van der Waals surface area contributed by atoms with Crippen molar-refractivity contribution in [3.8, 4) is 11.5 Å². The first-order valence-electron chi connectivity index (χ1n) is 8.55. The van der Waals surface area contributed by atoms with Crippen molar-refractivity contribution in [3.05, 3.63) is 54.1 Å². The Morgan fingerprint density at radius 1 is 1.20 bits per heavy atom. The van der Waals surface area contributed by atoms with E-state index in [2.05, 4.69) is 12.2 Å². The Kier molecular flexibility index (Phi) is 7.29. The molecule has 0 heterocycles. The SMILES string of the molecule is CCCCOc1ccc(OC)cc1NC(=O)CC(N)c1ccccc1. The average Bonchev–Trinajstić information content (AvgIpc) is 2.63. The van der Waals surface area contributed by atoms with Gasteiger partial charge in [-0.15, -0.1) is 0 Å². The summed E-state index contributed by atoms with van der Waals surface area (Å²) >= 11 is 0. The quantitative estimate of drug-likeness (QED) is 0.678. The molecule has 0 aromatic heterocycles. The molecule has 0 saturated heterocycles. The highest BCUT2D eigenvalue weighted by Gasteiger charge is 2.14. The van der Waals surface area contributed by atoms with Gasteiger partial charge in [0, 0.05) is 18.5 Å². The molecule has 0 aliphatic heterocycles. The summed E-state index contributed by atoms with van der Waals surface area (Å²) in [7, 11) is 1.59. The lowest BCUT2D eigenvalue weighted by Crippen LogP contribution is -2.21. The standard InChI is InChI=1S/C20H26N2O3/c1-3-4-12-25-19-11-10-16(24-2)13-18(19)22-20(23)14-17(21)15-8-6-5-7-9-15/h5-11,13,17H,3-4,12,14,21H2,1-2H3,(H,22,23). The van der Waals surface area contributed by atoms with Crippen molar-refractivity contribution in [3.63, 3.8) is 0 Å². The first kappa shape index (κ1) is 18.8. The van der Waals surface area contributed by atoms with Gasteiger partial charge in [-0.05, 0) is 24.1 Å². The van der Waals surface area contributed by atoms with Crippen molar-refractivity contribution >= 4 is 11.6 Å². The topological polar surface area (TPSA) is 73.6 Å². The van der Waals surface area contributed by atoms with E-state index in [9.17, 15) is 4.79 Å². The number of carbonyl (C=O) groups is 1. The first-order chi connectivity index (χ1) is 12.1. The highest BCUT2D eigenvalue weighted by molar-refractivity contribution is 5.93. The highest BCUT2D eigenvalue weighted by atomic mass is 16.5. The van der Waals surface area contributed by atoms with Crippen LogP contribution in [0.1, 0.15) is 37.8 Å². The number of carbonyl (C=O) groups excluding carboxylic acids is 1. The molecule has 134 valence electrons. The van der Waals surface area contributed by atoms with Crippen molar-refractivity contribution in [1.29, 1.82) is 0 Å². The van der Waals surface area contributed by atoms with Gasteiger partial charge in [0.25, 0.3) is 0 Å². The predicted octanol–water partition coefficient (Wildman–Crippen LogP) is 3.90. The number of rotatable bonds is 9. The molecule has 2 aromatic rings. The molecule has 2 rings (SSSR count). The van der Waals surface area contributed by atoms with Crippen LogP contribution in [0.2, 0.25) is 0 Å². The maximum absolute atomic E-state index is 12.4. The van der Waals surface area contributed by atoms with E-state index in [4.69, 9.17) is 15.2 Å². The molecule has 0 aliphatic rings. The molecule has 2 aromatic carbocycles. The lowest BCUT2D eigenvalue weighted by molar-refractivity contribution is -0.116. The summed E-state index contributed by atoms with van der Waals surface area (Å²) in [5, 5.41) is 2.89. The Hall–Kier alpha value is -2.53. The number of hydrogen-bond acceptors (Lipinski definition) is 4. The number of amides is 1. The molecule has 5 nitrogen and oxygen atoms in total. The van der Waals surface area contributed by atoms with Crippen LogP contribution < -0.4 is 20.5 Å². The Morgan fingerprint density at radius 3 is 2.64 bits per heavy atom. The van der Waals surface area contributed by atoms with Crippen LogP contribution in [0.4, 0.5) is 5.69 Å². The zero-order valence-corrected chi connectivity index (χ0v) is 14.8. The fourth-order valence-corrected chi connectivity index (χ4v) is 2.41. The largest absolute Gasteiger partial charge is 0.497 e. The van der Waals surface area contributed by atoms with E-state index in [1.54, 1.807) is 19.2 Å². The van der Waals surface area contributed by atoms with Gasteiger partial charge in [-0.1, -0.05) is 43.7 Å². The van der Waals surface area contributed by atoms with Gasteiger partial charge in [0.05, 0.1) is 19.4 Å². The van der Waals surface area contributed by atoms with E-state index in [1.807, 2.05) is 36.4 Å². The van der Waals surface area contributed by atoms with Gasteiger partial charge in [0.15, 0.2) is 0 Å². The van der Waals surface area contributed by atoms with Crippen molar-refractivity contribution < 1.29 is 14.3 Å². The smallest absolute Gasteiger partial charge is 0.226 e. The fraction of sp³-hybridized carbons (Fsp3) is 0.350. The number of nitrogens with two attached hydrogens (primary N) is 1. The van der Waals surface area contributed by atoms with Gasteiger partial charge in [0.2, 0.25) is 5.91 Å². The van der Waals surface area contributed by atoms with Crippen molar-refractivity contribution in [2.45, 2.75) is 32.2 Å². The van der Waals surface area contributed by atoms with E-state index < -0.39 is 0 Å². The summed E-state index contributed by atoms with van der Waals surface area (Å²) in [6, 6.07) is 14.6. The summed E-state index contributed by atoms with van der Waals surface area (Å²) < 4.78 is 11.0. The predicted molar refractivity (Wildman–Crippen MR) is 100 cm³/mol.